The van der Waals surface area contributed by atoms with Gasteiger partial charge in [-0.05, 0) is 51.6 Å². The molecule has 0 atom stereocenters. The van der Waals surface area contributed by atoms with Crippen molar-refractivity contribution in [1.82, 2.24) is 5.32 Å². The van der Waals surface area contributed by atoms with Crippen molar-refractivity contribution in [2.45, 2.75) is 65.0 Å². The van der Waals surface area contributed by atoms with E-state index in [1.807, 2.05) is 0 Å². The van der Waals surface area contributed by atoms with Gasteiger partial charge in [0.25, 0.3) is 0 Å². The van der Waals surface area contributed by atoms with E-state index >= 15 is 0 Å². The van der Waals surface area contributed by atoms with Crippen LogP contribution in [0.4, 0.5) is 0 Å². The molecule has 0 saturated heterocycles. The molecule has 2 heteroatoms. The second kappa shape index (κ2) is 7.54. The van der Waals surface area contributed by atoms with Crippen LogP contribution >= 0.6 is 0 Å². The second-order valence-corrected chi connectivity index (χ2v) is 5.67. The molecule has 1 aromatic carbocycles. The fraction of sp³-hybridized carbons (Fsp3) is 0.647. The molecule has 2 nitrogen and oxygen atoms in total. The molecular weight excluding hydrogens is 234 g/mol. The van der Waals surface area contributed by atoms with Crippen molar-refractivity contribution in [2.24, 2.45) is 0 Å². The quantitative estimate of drug-likeness (QED) is 0.775. The van der Waals surface area contributed by atoms with E-state index < -0.39 is 0 Å². The van der Waals surface area contributed by atoms with Crippen LogP contribution in [0.5, 0.6) is 5.75 Å². The van der Waals surface area contributed by atoms with E-state index in [1.54, 1.807) is 0 Å². The molecule has 1 N–H and O–H groups in total. The first-order valence-electron chi connectivity index (χ1n) is 7.76. The van der Waals surface area contributed by atoms with Gasteiger partial charge < -0.3 is 10.1 Å². The maximum Gasteiger partial charge on any atom is 0.124 e. The zero-order valence-electron chi connectivity index (χ0n) is 12.4. The van der Waals surface area contributed by atoms with Crippen LogP contribution < -0.4 is 10.1 Å². The third kappa shape index (κ3) is 4.54. The molecule has 2 rings (SSSR count). The minimum atomic E-state index is 0.432. The van der Waals surface area contributed by atoms with Gasteiger partial charge in [0.15, 0.2) is 0 Å². The first-order valence-corrected chi connectivity index (χ1v) is 7.76. The molecular formula is C17H27NO. The van der Waals surface area contributed by atoms with Gasteiger partial charge in [0.1, 0.15) is 5.75 Å². The Morgan fingerprint density at radius 3 is 2.74 bits per heavy atom. The zero-order chi connectivity index (χ0) is 13.5. The summed E-state index contributed by atoms with van der Waals surface area (Å²) in [6.07, 6.45) is 8.05. The predicted octanol–water partition coefficient (Wildman–Crippen LogP) is 4.21. The minimum absolute atomic E-state index is 0.432. The first kappa shape index (κ1) is 14.4. The smallest absolute Gasteiger partial charge is 0.124 e. The Balaban J connectivity index is 2.00. The number of hydrogen-bond acceptors (Lipinski definition) is 2. The van der Waals surface area contributed by atoms with Crippen LogP contribution in [0.1, 0.15) is 56.6 Å². The summed E-state index contributed by atoms with van der Waals surface area (Å²) in [6, 6.07) is 6.55. The molecule has 1 aromatic rings. The average molecular weight is 261 g/mol. The molecule has 0 aliphatic heterocycles. The lowest BCUT2D eigenvalue weighted by atomic mass is 9.97. The lowest BCUT2D eigenvalue weighted by Gasteiger charge is -2.24. The van der Waals surface area contributed by atoms with Gasteiger partial charge in [-0.1, -0.05) is 31.0 Å². The van der Waals surface area contributed by atoms with E-state index in [0.29, 0.717) is 6.10 Å². The highest BCUT2D eigenvalue weighted by atomic mass is 16.5. The van der Waals surface area contributed by atoms with Gasteiger partial charge in [0.05, 0.1) is 6.10 Å². The Kier molecular flexibility index (Phi) is 5.71. The van der Waals surface area contributed by atoms with Crippen molar-refractivity contribution in [3.8, 4) is 5.75 Å². The molecule has 1 aliphatic rings. The normalized spacial score (nSPS) is 16.5. The summed E-state index contributed by atoms with van der Waals surface area (Å²) in [5.74, 6) is 1.08. The summed E-state index contributed by atoms with van der Waals surface area (Å²) in [6.45, 7) is 6.32. The summed E-state index contributed by atoms with van der Waals surface area (Å²) in [7, 11) is 0. The lowest BCUT2D eigenvalue weighted by molar-refractivity contribution is 0.153. The fourth-order valence-electron chi connectivity index (χ4n) is 2.72. The van der Waals surface area contributed by atoms with Gasteiger partial charge in [0.2, 0.25) is 0 Å². The van der Waals surface area contributed by atoms with Gasteiger partial charge in [-0.2, -0.15) is 0 Å². The van der Waals surface area contributed by atoms with Crippen LogP contribution in [0.2, 0.25) is 0 Å². The Morgan fingerprint density at radius 1 is 1.21 bits per heavy atom. The molecule has 0 bridgehead atoms. The van der Waals surface area contributed by atoms with E-state index in [1.165, 1.54) is 49.7 Å². The van der Waals surface area contributed by atoms with Gasteiger partial charge >= 0.3 is 0 Å². The summed E-state index contributed by atoms with van der Waals surface area (Å²) in [5, 5.41) is 3.48. The topological polar surface area (TPSA) is 21.3 Å². The maximum atomic E-state index is 6.23. The first-order chi connectivity index (χ1) is 9.29. The minimum Gasteiger partial charge on any atom is -0.490 e. The highest BCUT2D eigenvalue weighted by Crippen LogP contribution is 2.26. The molecule has 106 valence electrons. The number of rotatable bonds is 6. The Labute approximate surface area is 117 Å². The molecule has 0 heterocycles. The third-order valence-corrected chi connectivity index (χ3v) is 3.80. The van der Waals surface area contributed by atoms with Crippen LogP contribution in [0, 0.1) is 6.92 Å². The Morgan fingerprint density at radius 2 is 2.00 bits per heavy atom. The second-order valence-electron chi connectivity index (χ2n) is 5.67. The monoisotopic (exact) mass is 261 g/mol. The van der Waals surface area contributed by atoms with E-state index in [-0.39, 0.29) is 0 Å². The van der Waals surface area contributed by atoms with Crippen molar-refractivity contribution in [3.05, 3.63) is 29.3 Å². The highest BCUT2D eigenvalue weighted by Gasteiger charge is 2.16. The van der Waals surface area contributed by atoms with Crippen molar-refractivity contribution in [3.63, 3.8) is 0 Å². The Hall–Kier alpha value is -1.02. The van der Waals surface area contributed by atoms with Crippen LogP contribution in [-0.4, -0.2) is 12.6 Å². The molecule has 1 saturated carbocycles. The zero-order valence-corrected chi connectivity index (χ0v) is 12.4. The van der Waals surface area contributed by atoms with Gasteiger partial charge in [0, 0.05) is 12.1 Å². The van der Waals surface area contributed by atoms with Crippen molar-refractivity contribution in [1.29, 1.82) is 0 Å². The SMILES string of the molecule is CCCNCc1cc(C)ccc1OC1CCCCC1. The van der Waals surface area contributed by atoms with E-state index in [4.69, 9.17) is 4.74 Å². The van der Waals surface area contributed by atoms with Crippen molar-refractivity contribution >= 4 is 0 Å². The van der Waals surface area contributed by atoms with Gasteiger partial charge in [-0.15, -0.1) is 0 Å². The number of nitrogens with one attached hydrogen (secondary N) is 1. The molecule has 1 fully saturated rings. The van der Waals surface area contributed by atoms with E-state index in [2.05, 4.69) is 37.4 Å². The largest absolute Gasteiger partial charge is 0.490 e. The van der Waals surface area contributed by atoms with Crippen molar-refractivity contribution in [2.75, 3.05) is 6.54 Å². The standard InChI is InChI=1S/C17H27NO/c1-3-11-18-13-15-12-14(2)9-10-17(15)19-16-7-5-4-6-8-16/h9-10,12,16,18H,3-8,11,13H2,1-2H3. The number of benzene rings is 1. The fourth-order valence-corrected chi connectivity index (χ4v) is 2.72. The highest BCUT2D eigenvalue weighted by molar-refractivity contribution is 5.37. The predicted molar refractivity (Wildman–Crippen MR) is 80.7 cm³/mol. The Bertz CT molecular complexity index is 383. The van der Waals surface area contributed by atoms with Crippen molar-refractivity contribution < 1.29 is 4.74 Å². The van der Waals surface area contributed by atoms with Crippen LogP contribution in [0.25, 0.3) is 0 Å². The van der Waals surface area contributed by atoms with E-state index in [9.17, 15) is 0 Å². The third-order valence-electron chi connectivity index (χ3n) is 3.80. The summed E-state index contributed by atoms with van der Waals surface area (Å²) in [4.78, 5) is 0. The molecule has 0 amide bonds. The maximum absolute atomic E-state index is 6.23. The molecule has 0 radical (unpaired) electrons. The summed E-state index contributed by atoms with van der Waals surface area (Å²) < 4.78 is 6.23. The molecule has 19 heavy (non-hydrogen) atoms. The number of hydrogen-bond donors (Lipinski definition) is 1. The number of ether oxygens (including phenoxy) is 1. The number of aryl methyl sites for hydroxylation is 1. The van der Waals surface area contributed by atoms with Gasteiger partial charge in [-0.3, -0.25) is 0 Å². The van der Waals surface area contributed by atoms with E-state index in [0.717, 1.165) is 18.8 Å². The molecule has 0 aromatic heterocycles. The van der Waals surface area contributed by atoms with Crippen LogP contribution in [0.3, 0.4) is 0 Å². The molecule has 1 aliphatic carbocycles. The lowest BCUT2D eigenvalue weighted by Crippen LogP contribution is -2.21. The van der Waals surface area contributed by atoms with Crippen LogP contribution in [-0.2, 0) is 6.54 Å². The summed E-state index contributed by atoms with van der Waals surface area (Å²) in [5.41, 5.74) is 2.61. The molecule has 0 unspecified atom stereocenters. The summed E-state index contributed by atoms with van der Waals surface area (Å²) >= 11 is 0. The molecule has 0 spiro atoms. The average Bonchev–Trinajstić information content (AvgIpc) is 2.43. The van der Waals surface area contributed by atoms with Gasteiger partial charge in [-0.25, -0.2) is 0 Å². The van der Waals surface area contributed by atoms with Crippen LogP contribution in [0.15, 0.2) is 18.2 Å².